The number of methoxy groups -OCH3 is 2. The average molecular weight is 364 g/mol. The molecule has 0 atom stereocenters. The molecule has 3 rings (SSSR count). The van der Waals surface area contributed by atoms with Gasteiger partial charge in [0.25, 0.3) is 10.0 Å². The molecule has 1 N–H and O–H groups in total. The summed E-state index contributed by atoms with van der Waals surface area (Å²) in [6.45, 7) is 0. The molecule has 0 fully saturated rings. The molecule has 0 aliphatic heterocycles. The van der Waals surface area contributed by atoms with E-state index in [-0.39, 0.29) is 10.5 Å². The van der Waals surface area contributed by atoms with E-state index in [4.69, 9.17) is 13.9 Å². The maximum atomic E-state index is 12.6. The minimum Gasteiger partial charge on any atom is -0.493 e. The van der Waals surface area contributed by atoms with Crippen LogP contribution in [0.1, 0.15) is 0 Å². The Morgan fingerprint density at radius 1 is 1.04 bits per heavy atom. The maximum absolute atomic E-state index is 12.6. The smallest absolute Gasteiger partial charge is 0.419 e. The number of aromatic nitrogens is 1. The van der Waals surface area contributed by atoms with Gasteiger partial charge in [0, 0.05) is 19.2 Å². The lowest BCUT2D eigenvalue weighted by molar-refractivity contribution is 0.355. The van der Waals surface area contributed by atoms with Gasteiger partial charge in [0.15, 0.2) is 17.1 Å². The number of hydrogen-bond acceptors (Lipinski definition) is 6. The number of rotatable bonds is 5. The van der Waals surface area contributed by atoms with Gasteiger partial charge in [0.2, 0.25) is 0 Å². The summed E-state index contributed by atoms with van der Waals surface area (Å²) in [5, 5.41) is 0. The van der Waals surface area contributed by atoms with Gasteiger partial charge in [-0.1, -0.05) is 0 Å². The predicted molar refractivity (Wildman–Crippen MR) is 91.8 cm³/mol. The number of hydrogen-bond donors (Lipinski definition) is 1. The van der Waals surface area contributed by atoms with Gasteiger partial charge in [-0.15, -0.1) is 0 Å². The Morgan fingerprint density at radius 2 is 1.76 bits per heavy atom. The van der Waals surface area contributed by atoms with Crippen LogP contribution in [0, 0.1) is 0 Å². The van der Waals surface area contributed by atoms with Crippen LogP contribution < -0.4 is 20.0 Å². The minimum atomic E-state index is -3.87. The monoisotopic (exact) mass is 364 g/mol. The van der Waals surface area contributed by atoms with Crippen LogP contribution in [0.2, 0.25) is 0 Å². The third-order valence-corrected chi connectivity index (χ3v) is 5.09. The van der Waals surface area contributed by atoms with Crippen molar-refractivity contribution in [3.8, 4) is 11.5 Å². The van der Waals surface area contributed by atoms with Crippen molar-refractivity contribution < 1.29 is 22.3 Å². The zero-order valence-electron chi connectivity index (χ0n) is 13.8. The highest BCUT2D eigenvalue weighted by molar-refractivity contribution is 7.92. The van der Waals surface area contributed by atoms with Gasteiger partial charge in [-0.25, -0.2) is 13.2 Å². The molecular formula is C16H16N2O6S. The Morgan fingerprint density at radius 3 is 2.44 bits per heavy atom. The Hall–Kier alpha value is -2.94. The van der Waals surface area contributed by atoms with Crippen LogP contribution in [0.4, 0.5) is 5.69 Å². The first-order valence-electron chi connectivity index (χ1n) is 7.20. The Balaban J connectivity index is 1.98. The fraction of sp³-hybridized carbons (Fsp3) is 0.188. The third-order valence-electron chi connectivity index (χ3n) is 3.71. The van der Waals surface area contributed by atoms with E-state index in [2.05, 4.69) is 4.72 Å². The van der Waals surface area contributed by atoms with E-state index in [1.165, 1.54) is 43.1 Å². The molecule has 0 bridgehead atoms. The summed E-state index contributed by atoms with van der Waals surface area (Å²) in [4.78, 5) is 11.5. The van der Waals surface area contributed by atoms with Gasteiger partial charge in [-0.3, -0.25) is 9.29 Å². The summed E-state index contributed by atoms with van der Waals surface area (Å²) in [5.41, 5.74) is 1.02. The van der Waals surface area contributed by atoms with E-state index in [9.17, 15) is 13.2 Å². The number of sulfonamides is 1. The van der Waals surface area contributed by atoms with Gasteiger partial charge in [-0.2, -0.15) is 0 Å². The average Bonchev–Trinajstić information content (AvgIpc) is 2.88. The highest BCUT2D eigenvalue weighted by Crippen LogP contribution is 2.31. The Kier molecular flexibility index (Phi) is 4.17. The van der Waals surface area contributed by atoms with Crippen molar-refractivity contribution >= 4 is 26.8 Å². The molecule has 0 spiro atoms. The molecule has 1 heterocycles. The largest absolute Gasteiger partial charge is 0.493 e. The molecule has 0 aliphatic rings. The lowest BCUT2D eigenvalue weighted by Crippen LogP contribution is -2.13. The predicted octanol–water partition coefficient (Wildman–Crippen LogP) is 1.95. The second-order valence-corrected chi connectivity index (χ2v) is 6.91. The van der Waals surface area contributed by atoms with E-state index < -0.39 is 15.8 Å². The van der Waals surface area contributed by atoms with Crippen LogP contribution in [0.15, 0.2) is 50.5 Å². The van der Waals surface area contributed by atoms with Gasteiger partial charge >= 0.3 is 5.76 Å². The second-order valence-electron chi connectivity index (χ2n) is 5.23. The number of aryl methyl sites for hydroxylation is 1. The van der Waals surface area contributed by atoms with Gasteiger partial charge in [0.1, 0.15) is 0 Å². The first kappa shape index (κ1) is 16.9. The number of anilines is 1. The fourth-order valence-corrected chi connectivity index (χ4v) is 3.46. The quantitative estimate of drug-likeness (QED) is 0.743. The van der Waals surface area contributed by atoms with Gasteiger partial charge < -0.3 is 13.9 Å². The summed E-state index contributed by atoms with van der Waals surface area (Å²) < 4.78 is 44.2. The van der Waals surface area contributed by atoms with Crippen LogP contribution in [0.5, 0.6) is 11.5 Å². The molecule has 132 valence electrons. The molecule has 0 aliphatic carbocycles. The zero-order chi connectivity index (χ0) is 18.2. The number of nitrogens with zero attached hydrogens (tertiary/aromatic N) is 1. The van der Waals surface area contributed by atoms with E-state index >= 15 is 0 Å². The summed E-state index contributed by atoms with van der Waals surface area (Å²) in [6.07, 6.45) is 0. The molecule has 0 saturated carbocycles. The van der Waals surface area contributed by atoms with E-state index in [0.717, 1.165) is 0 Å². The van der Waals surface area contributed by atoms with Crippen LogP contribution in [-0.2, 0) is 17.1 Å². The highest BCUT2D eigenvalue weighted by atomic mass is 32.2. The molecule has 2 aromatic carbocycles. The molecule has 25 heavy (non-hydrogen) atoms. The summed E-state index contributed by atoms with van der Waals surface area (Å²) >= 11 is 0. The molecular weight excluding hydrogens is 348 g/mol. The number of nitrogens with one attached hydrogen (secondary N) is 1. The Labute approximate surface area is 143 Å². The van der Waals surface area contributed by atoms with Crippen LogP contribution in [0.3, 0.4) is 0 Å². The fourth-order valence-electron chi connectivity index (χ4n) is 2.40. The van der Waals surface area contributed by atoms with E-state index in [0.29, 0.717) is 22.7 Å². The molecule has 0 saturated heterocycles. The molecule has 8 nitrogen and oxygen atoms in total. The molecule has 0 unspecified atom stereocenters. The van der Waals surface area contributed by atoms with Crippen LogP contribution in [0.25, 0.3) is 11.1 Å². The van der Waals surface area contributed by atoms with E-state index in [1.807, 2.05) is 0 Å². The van der Waals surface area contributed by atoms with Crippen molar-refractivity contribution in [3.63, 3.8) is 0 Å². The number of ether oxygens (including phenoxy) is 2. The van der Waals surface area contributed by atoms with Gasteiger partial charge in [0.05, 0.1) is 30.3 Å². The summed E-state index contributed by atoms with van der Waals surface area (Å²) in [5.74, 6) is 0.322. The molecule has 3 aromatic rings. The zero-order valence-corrected chi connectivity index (χ0v) is 14.6. The van der Waals surface area contributed by atoms with Crippen LogP contribution >= 0.6 is 0 Å². The maximum Gasteiger partial charge on any atom is 0.419 e. The van der Waals surface area contributed by atoms with Crippen molar-refractivity contribution in [1.29, 1.82) is 0 Å². The topological polar surface area (TPSA) is 99.8 Å². The highest BCUT2D eigenvalue weighted by Gasteiger charge is 2.18. The summed E-state index contributed by atoms with van der Waals surface area (Å²) in [7, 11) is 0.626. The number of fused-ring (bicyclic) bond motifs is 1. The molecule has 1 aromatic heterocycles. The molecule has 9 heteroatoms. The van der Waals surface area contributed by atoms with Crippen molar-refractivity contribution in [3.05, 3.63) is 46.9 Å². The van der Waals surface area contributed by atoms with Crippen molar-refractivity contribution in [2.75, 3.05) is 18.9 Å². The van der Waals surface area contributed by atoms with Crippen molar-refractivity contribution in [2.45, 2.75) is 4.90 Å². The van der Waals surface area contributed by atoms with E-state index in [1.54, 1.807) is 19.2 Å². The third kappa shape index (κ3) is 3.05. The number of oxazole rings is 1. The normalized spacial score (nSPS) is 11.5. The first-order chi connectivity index (χ1) is 11.9. The lowest BCUT2D eigenvalue weighted by atomic mass is 10.3. The molecule has 0 amide bonds. The first-order valence-corrected chi connectivity index (χ1v) is 8.68. The minimum absolute atomic E-state index is 0.0239. The standard InChI is InChI=1S/C16H16N2O6S/c1-18-12-6-5-11(9-14(12)24-16(18)19)25(20,21)17-10-4-7-13(22-2)15(8-10)23-3/h4-9,17H,1-3H3. The second kappa shape index (κ2) is 6.17. The van der Waals surface area contributed by atoms with Crippen molar-refractivity contribution in [1.82, 2.24) is 4.57 Å². The molecule has 0 radical (unpaired) electrons. The van der Waals surface area contributed by atoms with Crippen LogP contribution in [-0.4, -0.2) is 27.2 Å². The summed E-state index contributed by atoms with van der Waals surface area (Å²) in [6, 6.07) is 8.89. The van der Waals surface area contributed by atoms with Gasteiger partial charge in [-0.05, 0) is 24.3 Å². The Bertz CT molecular complexity index is 1100. The number of benzene rings is 2. The SMILES string of the molecule is COc1ccc(NS(=O)(=O)c2ccc3c(c2)oc(=O)n3C)cc1OC. The van der Waals surface area contributed by atoms with Crippen molar-refractivity contribution in [2.24, 2.45) is 7.05 Å². The lowest BCUT2D eigenvalue weighted by Gasteiger charge is -2.11.